The minimum atomic E-state index is -0.210. The summed E-state index contributed by atoms with van der Waals surface area (Å²) in [7, 11) is 0. The van der Waals surface area contributed by atoms with Crippen molar-refractivity contribution in [3.8, 4) is 5.75 Å². The van der Waals surface area contributed by atoms with Gasteiger partial charge in [-0.1, -0.05) is 12.5 Å². The maximum absolute atomic E-state index is 13.9. The van der Waals surface area contributed by atoms with E-state index >= 15 is 0 Å². The zero-order chi connectivity index (χ0) is 12.4. The van der Waals surface area contributed by atoms with Gasteiger partial charge in [0.25, 0.3) is 0 Å². The van der Waals surface area contributed by atoms with Crippen LogP contribution in [0.1, 0.15) is 37.2 Å². The first-order chi connectivity index (χ1) is 8.83. The van der Waals surface area contributed by atoms with Gasteiger partial charge >= 0.3 is 0 Å². The number of hydrogen-bond donors (Lipinski definition) is 1. The van der Waals surface area contributed by atoms with Gasteiger partial charge in [-0.05, 0) is 55.3 Å². The molecular formula is C15H20FNO. The van der Waals surface area contributed by atoms with Gasteiger partial charge in [0.2, 0.25) is 0 Å². The molecule has 1 saturated heterocycles. The van der Waals surface area contributed by atoms with E-state index in [0.717, 1.165) is 25.1 Å². The number of halogens is 1. The van der Waals surface area contributed by atoms with Gasteiger partial charge in [-0.25, -0.2) is 4.39 Å². The second kappa shape index (κ2) is 5.27. The van der Waals surface area contributed by atoms with E-state index in [0.29, 0.717) is 24.2 Å². The lowest BCUT2D eigenvalue weighted by atomic mass is 9.86. The molecule has 0 spiro atoms. The van der Waals surface area contributed by atoms with Crippen LogP contribution in [0.25, 0.3) is 0 Å². The Morgan fingerprint density at radius 3 is 2.78 bits per heavy atom. The van der Waals surface area contributed by atoms with Gasteiger partial charge in [-0.3, -0.25) is 0 Å². The van der Waals surface area contributed by atoms with Crippen LogP contribution < -0.4 is 10.1 Å². The fourth-order valence-corrected chi connectivity index (χ4v) is 2.69. The Labute approximate surface area is 108 Å². The van der Waals surface area contributed by atoms with Gasteiger partial charge in [-0.15, -0.1) is 0 Å². The van der Waals surface area contributed by atoms with E-state index in [9.17, 15) is 4.39 Å². The Kier molecular flexibility index (Phi) is 3.50. The predicted octanol–water partition coefficient (Wildman–Crippen LogP) is 3.08. The van der Waals surface area contributed by atoms with Crippen LogP contribution in [0.15, 0.2) is 18.2 Å². The highest BCUT2D eigenvalue weighted by atomic mass is 19.1. The summed E-state index contributed by atoms with van der Waals surface area (Å²) < 4.78 is 19.5. The zero-order valence-electron chi connectivity index (χ0n) is 10.6. The molecule has 1 unspecified atom stereocenters. The van der Waals surface area contributed by atoms with Gasteiger partial charge in [-0.2, -0.15) is 0 Å². The largest absolute Gasteiger partial charge is 0.490 e. The molecule has 98 valence electrons. The third kappa shape index (κ3) is 2.51. The molecule has 1 aromatic rings. The fourth-order valence-electron chi connectivity index (χ4n) is 2.69. The molecule has 0 bridgehead atoms. The Morgan fingerprint density at radius 2 is 2.17 bits per heavy atom. The maximum Gasteiger partial charge on any atom is 0.165 e. The fraction of sp³-hybridized carbons (Fsp3) is 0.600. The van der Waals surface area contributed by atoms with Crippen molar-refractivity contribution >= 4 is 0 Å². The van der Waals surface area contributed by atoms with E-state index in [4.69, 9.17) is 4.74 Å². The van der Waals surface area contributed by atoms with Crippen LogP contribution >= 0.6 is 0 Å². The first kappa shape index (κ1) is 12.0. The van der Waals surface area contributed by atoms with E-state index in [-0.39, 0.29) is 5.82 Å². The van der Waals surface area contributed by atoms with Gasteiger partial charge in [0, 0.05) is 6.54 Å². The predicted molar refractivity (Wildman–Crippen MR) is 69.5 cm³/mol. The molecule has 3 heteroatoms. The Hall–Kier alpha value is -1.09. The number of nitrogens with one attached hydrogen (secondary N) is 1. The van der Waals surface area contributed by atoms with Gasteiger partial charge in [0.15, 0.2) is 11.6 Å². The average molecular weight is 249 g/mol. The molecule has 0 aromatic heterocycles. The smallest absolute Gasteiger partial charge is 0.165 e. The standard InChI is InChI=1S/C15H20FNO/c16-14-8-12(13-6-7-17-9-13)4-5-15(14)18-10-11-2-1-3-11/h4-5,8,11,13,17H,1-3,6-7,9-10H2. The van der Waals surface area contributed by atoms with Gasteiger partial charge < -0.3 is 10.1 Å². The normalized spacial score (nSPS) is 23.9. The van der Waals surface area contributed by atoms with Crippen molar-refractivity contribution in [2.45, 2.75) is 31.6 Å². The summed E-state index contributed by atoms with van der Waals surface area (Å²) >= 11 is 0. The summed E-state index contributed by atoms with van der Waals surface area (Å²) in [6, 6.07) is 5.45. The van der Waals surface area contributed by atoms with Crippen LogP contribution in [-0.2, 0) is 0 Å². The molecule has 2 fully saturated rings. The summed E-state index contributed by atoms with van der Waals surface area (Å²) in [6.45, 7) is 2.66. The first-order valence-electron chi connectivity index (χ1n) is 6.96. The third-order valence-electron chi connectivity index (χ3n) is 4.19. The lowest BCUT2D eigenvalue weighted by molar-refractivity contribution is 0.175. The third-order valence-corrected chi connectivity index (χ3v) is 4.19. The highest BCUT2D eigenvalue weighted by Gasteiger charge is 2.20. The van der Waals surface area contributed by atoms with Crippen LogP contribution in [0, 0.1) is 11.7 Å². The van der Waals surface area contributed by atoms with Crippen LogP contribution in [0.3, 0.4) is 0 Å². The minimum Gasteiger partial charge on any atom is -0.490 e. The zero-order valence-corrected chi connectivity index (χ0v) is 10.6. The van der Waals surface area contributed by atoms with E-state index in [1.165, 1.54) is 19.3 Å². The van der Waals surface area contributed by atoms with Crippen LogP contribution in [0.4, 0.5) is 4.39 Å². The molecule has 0 amide bonds. The summed E-state index contributed by atoms with van der Waals surface area (Å²) in [5, 5.41) is 3.31. The molecule has 3 rings (SSSR count). The number of rotatable bonds is 4. The Bertz CT molecular complexity index is 411. The topological polar surface area (TPSA) is 21.3 Å². The van der Waals surface area contributed by atoms with Crippen LogP contribution in [-0.4, -0.2) is 19.7 Å². The maximum atomic E-state index is 13.9. The second-order valence-corrected chi connectivity index (χ2v) is 5.49. The lowest BCUT2D eigenvalue weighted by Gasteiger charge is -2.25. The highest BCUT2D eigenvalue weighted by molar-refractivity contribution is 5.32. The number of benzene rings is 1. The second-order valence-electron chi connectivity index (χ2n) is 5.49. The van der Waals surface area contributed by atoms with Crippen molar-refractivity contribution in [1.29, 1.82) is 0 Å². The van der Waals surface area contributed by atoms with Crippen molar-refractivity contribution in [1.82, 2.24) is 5.32 Å². The van der Waals surface area contributed by atoms with E-state index < -0.39 is 0 Å². The minimum absolute atomic E-state index is 0.210. The van der Waals surface area contributed by atoms with Crippen molar-refractivity contribution in [2.24, 2.45) is 5.92 Å². The molecule has 1 aliphatic carbocycles. The summed E-state index contributed by atoms with van der Waals surface area (Å²) in [6.07, 6.45) is 4.85. The first-order valence-corrected chi connectivity index (χ1v) is 6.96. The molecule has 1 aromatic carbocycles. The Balaban J connectivity index is 1.64. The number of ether oxygens (including phenoxy) is 1. The average Bonchev–Trinajstić information content (AvgIpc) is 2.82. The van der Waals surface area contributed by atoms with E-state index in [1.54, 1.807) is 12.1 Å². The SMILES string of the molecule is Fc1cc(C2CCNC2)ccc1OCC1CCC1. The monoisotopic (exact) mass is 249 g/mol. The molecule has 2 nitrogen and oxygen atoms in total. The summed E-state index contributed by atoms with van der Waals surface area (Å²) in [5.41, 5.74) is 1.09. The molecular weight excluding hydrogens is 229 g/mol. The van der Waals surface area contributed by atoms with Gasteiger partial charge in [0.1, 0.15) is 0 Å². The molecule has 1 saturated carbocycles. The van der Waals surface area contributed by atoms with E-state index in [2.05, 4.69) is 5.32 Å². The van der Waals surface area contributed by atoms with E-state index in [1.807, 2.05) is 6.07 Å². The summed E-state index contributed by atoms with van der Waals surface area (Å²) in [4.78, 5) is 0. The lowest BCUT2D eigenvalue weighted by Crippen LogP contribution is -2.19. The molecule has 0 radical (unpaired) electrons. The highest BCUT2D eigenvalue weighted by Crippen LogP contribution is 2.30. The van der Waals surface area contributed by atoms with Crippen LogP contribution in [0.5, 0.6) is 5.75 Å². The molecule has 1 heterocycles. The molecule has 1 atom stereocenters. The quantitative estimate of drug-likeness (QED) is 0.885. The molecule has 18 heavy (non-hydrogen) atoms. The van der Waals surface area contributed by atoms with Gasteiger partial charge in [0.05, 0.1) is 6.61 Å². The number of hydrogen-bond acceptors (Lipinski definition) is 2. The molecule has 1 N–H and O–H groups in total. The van der Waals surface area contributed by atoms with Crippen molar-refractivity contribution in [3.63, 3.8) is 0 Å². The van der Waals surface area contributed by atoms with Crippen molar-refractivity contribution in [3.05, 3.63) is 29.6 Å². The summed E-state index contributed by atoms with van der Waals surface area (Å²) in [5.74, 6) is 1.30. The molecule has 1 aliphatic heterocycles. The molecule has 2 aliphatic rings. The van der Waals surface area contributed by atoms with Crippen molar-refractivity contribution in [2.75, 3.05) is 19.7 Å². The van der Waals surface area contributed by atoms with Crippen molar-refractivity contribution < 1.29 is 9.13 Å². The Morgan fingerprint density at radius 1 is 1.28 bits per heavy atom. The van der Waals surface area contributed by atoms with Crippen LogP contribution in [0.2, 0.25) is 0 Å².